The van der Waals surface area contributed by atoms with Gasteiger partial charge in [0, 0.05) is 12.1 Å². The lowest BCUT2D eigenvalue weighted by Crippen LogP contribution is -2.41. The summed E-state index contributed by atoms with van der Waals surface area (Å²) in [6.45, 7) is 6.11. The van der Waals surface area contributed by atoms with Crippen LogP contribution in [0.25, 0.3) is 0 Å². The average Bonchev–Trinajstić information content (AvgIpc) is 3.13. The molecule has 0 aliphatic carbocycles. The van der Waals surface area contributed by atoms with Crippen molar-refractivity contribution in [3.63, 3.8) is 0 Å². The van der Waals surface area contributed by atoms with E-state index in [4.69, 9.17) is 0 Å². The largest absolute Gasteiger partial charge is 0.325 e. The highest BCUT2D eigenvalue weighted by Gasteiger charge is 2.37. The molecule has 0 spiro atoms. The van der Waals surface area contributed by atoms with Crippen LogP contribution in [-0.4, -0.2) is 26.0 Å². The van der Waals surface area contributed by atoms with Crippen molar-refractivity contribution in [3.8, 4) is 0 Å². The predicted molar refractivity (Wildman–Crippen MR) is 112 cm³/mol. The second kappa shape index (κ2) is 7.67. The third kappa shape index (κ3) is 3.38. The molecule has 2 atom stereocenters. The molecule has 0 saturated heterocycles. The van der Waals surface area contributed by atoms with E-state index in [1.807, 2.05) is 74.0 Å². The fraction of sp³-hybridized carbons (Fsp3) is 0.286. The number of thioether (sulfide) groups is 1. The highest BCUT2D eigenvalue weighted by atomic mass is 32.2. The third-order valence-corrected chi connectivity index (χ3v) is 6.31. The number of nitrogens with zero attached hydrogens (tertiary/aromatic N) is 3. The van der Waals surface area contributed by atoms with Gasteiger partial charge < -0.3 is 10.7 Å². The maximum absolute atomic E-state index is 13.3. The van der Waals surface area contributed by atoms with E-state index >= 15 is 0 Å². The minimum absolute atomic E-state index is 0.0487. The normalized spacial score (nSPS) is 18.2. The second-order valence-corrected chi connectivity index (χ2v) is 7.99. The molecule has 144 valence electrons. The lowest BCUT2D eigenvalue weighted by atomic mass is 10.0. The molecule has 2 heterocycles. The van der Waals surface area contributed by atoms with Gasteiger partial charge in [-0.3, -0.25) is 4.79 Å². The number of carbonyl (C=O) groups excluding carboxylic acids is 1. The Bertz CT molecular complexity index is 1000. The van der Waals surface area contributed by atoms with Crippen molar-refractivity contribution in [3.05, 3.63) is 71.0 Å². The monoisotopic (exact) mass is 393 g/mol. The molecule has 1 amide bonds. The van der Waals surface area contributed by atoms with E-state index in [0.29, 0.717) is 5.16 Å². The molecule has 0 fully saturated rings. The highest BCUT2D eigenvalue weighted by molar-refractivity contribution is 8.00. The molecule has 4 rings (SSSR count). The Morgan fingerprint density at radius 3 is 2.68 bits per heavy atom. The number of aromatic nitrogens is 3. The van der Waals surface area contributed by atoms with Crippen LogP contribution >= 0.6 is 11.8 Å². The number of rotatable bonds is 4. The number of amides is 1. The van der Waals surface area contributed by atoms with Crippen LogP contribution in [0.3, 0.4) is 0 Å². The zero-order valence-corrected chi connectivity index (χ0v) is 17.0. The van der Waals surface area contributed by atoms with E-state index < -0.39 is 0 Å². The first-order valence-electron chi connectivity index (χ1n) is 9.38. The molecule has 1 aromatic heterocycles. The summed E-state index contributed by atoms with van der Waals surface area (Å²) in [4.78, 5) is 13.3. The molecule has 1 aliphatic heterocycles. The van der Waals surface area contributed by atoms with Crippen LogP contribution in [0.15, 0.2) is 53.7 Å². The summed E-state index contributed by atoms with van der Waals surface area (Å²) in [5.74, 6) is 0.809. The Hall–Kier alpha value is -2.80. The maximum Gasteiger partial charge on any atom is 0.240 e. The molecule has 0 unspecified atom stereocenters. The number of aryl methyl sites for hydroxylation is 2. The number of carbonyl (C=O) groups is 1. The third-order valence-electron chi connectivity index (χ3n) is 5.10. The minimum Gasteiger partial charge on any atom is -0.325 e. The summed E-state index contributed by atoms with van der Waals surface area (Å²) in [6.07, 6.45) is 0.765. The lowest BCUT2D eigenvalue weighted by Gasteiger charge is -2.33. The van der Waals surface area contributed by atoms with Gasteiger partial charge in [0.1, 0.15) is 5.25 Å². The molecule has 28 heavy (non-hydrogen) atoms. The van der Waals surface area contributed by atoms with Gasteiger partial charge in [0.2, 0.25) is 11.1 Å². The second-order valence-electron chi connectivity index (χ2n) is 6.88. The summed E-state index contributed by atoms with van der Waals surface area (Å²) in [6, 6.07) is 15.8. The van der Waals surface area contributed by atoms with Gasteiger partial charge in [-0.05, 0) is 36.6 Å². The standard InChI is InChI=1S/C21H23N5OS/c1-4-17-23-24-21-26(17)25-18(15-10-6-5-7-11-15)19(28-21)20(27)22-16-12-8-9-13(2)14(16)3/h5-12,18-19,25H,4H2,1-3H3,(H,22,27)/t18-,19+/m0/s1. The average molecular weight is 394 g/mol. The van der Waals surface area contributed by atoms with Gasteiger partial charge in [-0.2, -0.15) is 0 Å². The first kappa shape index (κ1) is 18.6. The molecule has 1 aliphatic rings. The molecule has 6 nitrogen and oxygen atoms in total. The topological polar surface area (TPSA) is 71.8 Å². The molecule has 2 N–H and O–H groups in total. The van der Waals surface area contributed by atoms with Crippen molar-refractivity contribution in [1.29, 1.82) is 0 Å². The first-order chi connectivity index (χ1) is 13.6. The number of nitrogens with one attached hydrogen (secondary N) is 2. The summed E-state index contributed by atoms with van der Waals surface area (Å²) in [5, 5.41) is 12.0. The Morgan fingerprint density at radius 2 is 1.93 bits per heavy atom. The number of hydrogen-bond acceptors (Lipinski definition) is 5. The molecule has 0 bridgehead atoms. The zero-order chi connectivity index (χ0) is 19.7. The molecule has 7 heteroatoms. The summed E-state index contributed by atoms with van der Waals surface area (Å²) < 4.78 is 1.91. The van der Waals surface area contributed by atoms with Crippen molar-refractivity contribution < 1.29 is 4.79 Å². The van der Waals surface area contributed by atoms with Crippen LogP contribution in [0.1, 0.15) is 35.5 Å². The molecule has 0 radical (unpaired) electrons. The van der Waals surface area contributed by atoms with Crippen molar-refractivity contribution in [1.82, 2.24) is 14.9 Å². The van der Waals surface area contributed by atoms with Gasteiger partial charge in [0.25, 0.3) is 0 Å². The van der Waals surface area contributed by atoms with Gasteiger partial charge in [0.15, 0.2) is 5.82 Å². The maximum atomic E-state index is 13.3. The van der Waals surface area contributed by atoms with Crippen molar-refractivity contribution in [2.24, 2.45) is 0 Å². The van der Waals surface area contributed by atoms with Crippen LogP contribution in [0.5, 0.6) is 0 Å². The first-order valence-corrected chi connectivity index (χ1v) is 10.3. The zero-order valence-electron chi connectivity index (χ0n) is 16.1. The highest BCUT2D eigenvalue weighted by Crippen LogP contribution is 2.37. The lowest BCUT2D eigenvalue weighted by molar-refractivity contribution is -0.116. The van der Waals surface area contributed by atoms with Gasteiger partial charge >= 0.3 is 0 Å². The van der Waals surface area contributed by atoms with E-state index in [-0.39, 0.29) is 17.2 Å². The summed E-state index contributed by atoms with van der Waals surface area (Å²) in [5.41, 5.74) is 7.60. The smallest absolute Gasteiger partial charge is 0.240 e. The van der Waals surface area contributed by atoms with E-state index in [2.05, 4.69) is 20.9 Å². The fourth-order valence-electron chi connectivity index (χ4n) is 3.33. The van der Waals surface area contributed by atoms with Crippen molar-refractivity contribution >= 4 is 23.4 Å². The van der Waals surface area contributed by atoms with Gasteiger partial charge in [-0.1, -0.05) is 61.2 Å². The van der Waals surface area contributed by atoms with Crippen molar-refractivity contribution in [2.75, 3.05) is 10.7 Å². The van der Waals surface area contributed by atoms with Gasteiger partial charge in [-0.15, -0.1) is 10.2 Å². The predicted octanol–water partition coefficient (Wildman–Crippen LogP) is 3.86. The van der Waals surface area contributed by atoms with Gasteiger partial charge in [-0.25, -0.2) is 4.68 Å². The van der Waals surface area contributed by atoms with Crippen LogP contribution < -0.4 is 10.7 Å². The number of fused-ring (bicyclic) bond motifs is 1. The summed E-state index contributed by atoms with van der Waals surface area (Å²) in [7, 11) is 0. The molecule has 2 aromatic carbocycles. The minimum atomic E-state index is -0.372. The SMILES string of the molecule is CCc1nnc2n1N[C@@H](c1ccccc1)[C@H](C(=O)Nc1cccc(C)c1C)S2. The van der Waals surface area contributed by atoms with Crippen LogP contribution in [0.2, 0.25) is 0 Å². The summed E-state index contributed by atoms with van der Waals surface area (Å²) >= 11 is 1.45. The Kier molecular flexibility index (Phi) is 5.09. The fourth-order valence-corrected chi connectivity index (χ4v) is 4.43. The molecular weight excluding hydrogens is 370 g/mol. The van der Waals surface area contributed by atoms with E-state index in [1.54, 1.807) is 0 Å². The van der Waals surface area contributed by atoms with E-state index in [1.165, 1.54) is 11.8 Å². The number of anilines is 1. The number of hydrogen-bond donors (Lipinski definition) is 2. The van der Waals surface area contributed by atoms with Crippen molar-refractivity contribution in [2.45, 2.75) is 43.6 Å². The Morgan fingerprint density at radius 1 is 1.14 bits per heavy atom. The molecule has 0 saturated carbocycles. The quantitative estimate of drug-likeness (QED) is 0.704. The Balaban J connectivity index is 1.68. The Labute approximate surface area is 168 Å². The number of benzene rings is 2. The molecular formula is C21H23N5OS. The van der Waals surface area contributed by atoms with E-state index in [9.17, 15) is 4.79 Å². The van der Waals surface area contributed by atoms with Crippen LogP contribution in [-0.2, 0) is 11.2 Å². The van der Waals surface area contributed by atoms with E-state index in [0.717, 1.165) is 34.6 Å². The van der Waals surface area contributed by atoms with Crippen LogP contribution in [0, 0.1) is 13.8 Å². The molecule has 3 aromatic rings. The van der Waals surface area contributed by atoms with Crippen LogP contribution in [0.4, 0.5) is 5.69 Å². The van der Waals surface area contributed by atoms with Gasteiger partial charge in [0.05, 0.1) is 6.04 Å².